The highest BCUT2D eigenvalue weighted by Gasteiger charge is 2.24. The number of anilines is 1. The van der Waals surface area contributed by atoms with Crippen LogP contribution in [0, 0.1) is 5.92 Å². The minimum atomic E-state index is -0.401. The summed E-state index contributed by atoms with van der Waals surface area (Å²) in [6.45, 7) is 3.69. The molecule has 1 atom stereocenters. The Morgan fingerprint density at radius 3 is 3.19 bits per heavy atom. The van der Waals surface area contributed by atoms with E-state index >= 15 is 0 Å². The van der Waals surface area contributed by atoms with Crippen LogP contribution in [-0.2, 0) is 19.4 Å². The third-order valence-electron chi connectivity index (χ3n) is 3.77. The molecule has 1 aliphatic heterocycles. The predicted octanol–water partition coefficient (Wildman–Crippen LogP) is 1.07. The Balaban J connectivity index is 1.63. The summed E-state index contributed by atoms with van der Waals surface area (Å²) in [4.78, 5) is 15.8. The van der Waals surface area contributed by atoms with Crippen LogP contribution < -0.4 is 11.1 Å². The van der Waals surface area contributed by atoms with Crippen molar-refractivity contribution in [2.75, 3.05) is 11.9 Å². The summed E-state index contributed by atoms with van der Waals surface area (Å²) in [5.74, 6) is 0.920. The fraction of sp³-hybridized carbons (Fsp3) is 0.538. The molecule has 112 valence electrons. The van der Waals surface area contributed by atoms with E-state index in [0.717, 1.165) is 49.0 Å². The van der Waals surface area contributed by atoms with Crippen LogP contribution in [-0.4, -0.2) is 31.6 Å². The summed E-state index contributed by atoms with van der Waals surface area (Å²) in [6, 6.07) is 0. The van der Waals surface area contributed by atoms with Crippen molar-refractivity contribution in [3.05, 3.63) is 23.3 Å². The third kappa shape index (κ3) is 2.90. The smallest absolute Gasteiger partial charge is 0.252 e. The summed E-state index contributed by atoms with van der Waals surface area (Å²) in [6.07, 6.45) is 4.26. The molecule has 2 aromatic heterocycles. The van der Waals surface area contributed by atoms with Gasteiger partial charge in [-0.15, -0.1) is 0 Å². The van der Waals surface area contributed by atoms with Crippen molar-refractivity contribution < 1.29 is 4.79 Å². The van der Waals surface area contributed by atoms with Gasteiger partial charge in [-0.05, 0) is 18.8 Å². The van der Waals surface area contributed by atoms with E-state index in [1.54, 1.807) is 6.20 Å². The summed E-state index contributed by atoms with van der Waals surface area (Å²) in [5, 5.41) is 8.42. The molecule has 2 aromatic rings. The first kappa shape index (κ1) is 14.0. The molecule has 0 aromatic carbocycles. The molecule has 21 heavy (non-hydrogen) atoms. The number of amides is 1. The highest BCUT2D eigenvalue weighted by Crippen LogP contribution is 2.23. The number of hydrogen-bond acceptors (Lipinski definition) is 6. The van der Waals surface area contributed by atoms with Crippen molar-refractivity contribution >= 4 is 22.6 Å². The second kappa shape index (κ2) is 5.80. The Bertz CT molecular complexity index is 649. The Kier molecular flexibility index (Phi) is 3.87. The van der Waals surface area contributed by atoms with Crippen molar-refractivity contribution in [2.24, 2.45) is 11.7 Å². The molecule has 0 saturated carbocycles. The lowest BCUT2D eigenvalue weighted by molar-refractivity contribution is 0.0998. The van der Waals surface area contributed by atoms with E-state index in [0.29, 0.717) is 11.5 Å². The highest BCUT2D eigenvalue weighted by atomic mass is 32.1. The molecule has 0 fully saturated rings. The van der Waals surface area contributed by atoms with Gasteiger partial charge in [0.05, 0.1) is 17.5 Å². The molecule has 0 bridgehead atoms. The predicted molar refractivity (Wildman–Crippen MR) is 80.3 cm³/mol. The van der Waals surface area contributed by atoms with E-state index in [1.165, 1.54) is 11.5 Å². The van der Waals surface area contributed by atoms with E-state index in [2.05, 4.69) is 19.8 Å². The van der Waals surface area contributed by atoms with E-state index in [4.69, 9.17) is 5.73 Å². The van der Waals surface area contributed by atoms with E-state index in [1.807, 2.05) is 11.6 Å². The van der Waals surface area contributed by atoms with Crippen LogP contribution in [0.2, 0.25) is 0 Å². The summed E-state index contributed by atoms with van der Waals surface area (Å²) in [7, 11) is 0. The molecule has 7 nitrogen and oxygen atoms in total. The van der Waals surface area contributed by atoms with E-state index < -0.39 is 5.91 Å². The molecular weight excluding hydrogens is 288 g/mol. The Labute approximate surface area is 126 Å². The number of rotatable bonds is 5. The SMILES string of the molecule is CCc1nsc(NCC2CCn3ncc(C(N)=O)c3C2)n1. The lowest BCUT2D eigenvalue weighted by Crippen LogP contribution is -2.27. The average molecular weight is 306 g/mol. The first-order valence-corrected chi connectivity index (χ1v) is 7.85. The van der Waals surface area contributed by atoms with Gasteiger partial charge < -0.3 is 11.1 Å². The van der Waals surface area contributed by atoms with Crippen LogP contribution in [0.4, 0.5) is 5.13 Å². The van der Waals surface area contributed by atoms with Gasteiger partial charge in [0.15, 0.2) is 0 Å². The lowest BCUT2D eigenvalue weighted by atomic mass is 9.94. The maximum absolute atomic E-state index is 11.4. The quantitative estimate of drug-likeness (QED) is 0.861. The minimum absolute atomic E-state index is 0.401. The van der Waals surface area contributed by atoms with Crippen molar-refractivity contribution in [1.82, 2.24) is 19.1 Å². The molecule has 3 N–H and O–H groups in total. The van der Waals surface area contributed by atoms with Gasteiger partial charge in [-0.25, -0.2) is 4.98 Å². The number of fused-ring (bicyclic) bond motifs is 1. The topological polar surface area (TPSA) is 98.7 Å². The van der Waals surface area contributed by atoms with Crippen LogP contribution in [0.1, 0.15) is 35.2 Å². The van der Waals surface area contributed by atoms with Gasteiger partial charge in [0.1, 0.15) is 5.82 Å². The highest BCUT2D eigenvalue weighted by molar-refractivity contribution is 7.09. The van der Waals surface area contributed by atoms with Crippen LogP contribution in [0.25, 0.3) is 0 Å². The van der Waals surface area contributed by atoms with E-state index in [-0.39, 0.29) is 0 Å². The number of nitrogens with two attached hydrogens (primary N) is 1. The minimum Gasteiger partial charge on any atom is -0.365 e. The number of aryl methyl sites for hydroxylation is 2. The fourth-order valence-electron chi connectivity index (χ4n) is 2.58. The molecule has 1 unspecified atom stereocenters. The van der Waals surface area contributed by atoms with Gasteiger partial charge in [0, 0.05) is 31.0 Å². The molecule has 3 rings (SSSR count). The second-order valence-electron chi connectivity index (χ2n) is 5.20. The molecule has 0 aliphatic carbocycles. The number of nitrogens with one attached hydrogen (secondary N) is 1. The zero-order chi connectivity index (χ0) is 14.8. The Morgan fingerprint density at radius 2 is 2.48 bits per heavy atom. The van der Waals surface area contributed by atoms with Crippen molar-refractivity contribution in [3.8, 4) is 0 Å². The zero-order valence-corrected chi connectivity index (χ0v) is 12.7. The second-order valence-corrected chi connectivity index (χ2v) is 5.95. The number of carbonyl (C=O) groups is 1. The Hall–Kier alpha value is -1.96. The molecule has 1 aliphatic rings. The van der Waals surface area contributed by atoms with Crippen LogP contribution in [0.5, 0.6) is 0 Å². The van der Waals surface area contributed by atoms with Crippen LogP contribution >= 0.6 is 11.5 Å². The van der Waals surface area contributed by atoms with Crippen LogP contribution in [0.15, 0.2) is 6.20 Å². The van der Waals surface area contributed by atoms with Gasteiger partial charge in [-0.1, -0.05) is 6.92 Å². The van der Waals surface area contributed by atoms with Gasteiger partial charge in [0.2, 0.25) is 5.13 Å². The summed E-state index contributed by atoms with van der Waals surface area (Å²) < 4.78 is 6.14. The van der Waals surface area contributed by atoms with Gasteiger partial charge >= 0.3 is 0 Å². The van der Waals surface area contributed by atoms with Gasteiger partial charge in [0.25, 0.3) is 5.91 Å². The van der Waals surface area contributed by atoms with E-state index in [9.17, 15) is 4.79 Å². The maximum atomic E-state index is 11.4. The number of carbonyl (C=O) groups excluding carboxylic acids is 1. The maximum Gasteiger partial charge on any atom is 0.252 e. The summed E-state index contributed by atoms with van der Waals surface area (Å²) >= 11 is 1.39. The molecule has 0 spiro atoms. The van der Waals surface area contributed by atoms with Crippen molar-refractivity contribution in [1.29, 1.82) is 0 Å². The third-order valence-corrected chi connectivity index (χ3v) is 4.48. The first-order chi connectivity index (χ1) is 10.2. The monoisotopic (exact) mass is 306 g/mol. The fourth-order valence-corrected chi connectivity index (χ4v) is 3.24. The molecular formula is C13H18N6OS. The van der Waals surface area contributed by atoms with Crippen LogP contribution in [0.3, 0.4) is 0 Å². The molecule has 0 saturated heterocycles. The first-order valence-electron chi connectivity index (χ1n) is 7.08. The normalized spacial score (nSPS) is 17.5. The van der Waals surface area contributed by atoms with Gasteiger partial charge in [-0.2, -0.15) is 9.47 Å². The Morgan fingerprint density at radius 1 is 1.62 bits per heavy atom. The number of aromatic nitrogens is 4. The molecule has 1 amide bonds. The number of hydrogen-bond donors (Lipinski definition) is 2. The molecule has 3 heterocycles. The number of primary amides is 1. The van der Waals surface area contributed by atoms with Crippen molar-refractivity contribution in [3.63, 3.8) is 0 Å². The average Bonchev–Trinajstić information content (AvgIpc) is 3.11. The van der Waals surface area contributed by atoms with Gasteiger partial charge in [-0.3, -0.25) is 9.48 Å². The molecule has 8 heteroatoms. The standard InChI is InChI=1S/C13H18N6OS/c1-2-11-17-13(21-18-11)15-6-8-3-4-19-10(5-8)9(7-16-19)12(14)20/h7-8H,2-6H2,1H3,(H2,14,20)(H,15,17,18). The van der Waals surface area contributed by atoms with Crippen molar-refractivity contribution in [2.45, 2.75) is 32.7 Å². The zero-order valence-electron chi connectivity index (χ0n) is 11.9. The summed E-state index contributed by atoms with van der Waals surface area (Å²) in [5.41, 5.74) is 6.88. The number of nitrogens with zero attached hydrogens (tertiary/aromatic N) is 4. The molecule has 0 radical (unpaired) electrons. The lowest BCUT2D eigenvalue weighted by Gasteiger charge is -2.23. The largest absolute Gasteiger partial charge is 0.365 e.